The maximum Gasteiger partial charge on any atom is 0.360 e. The Hall–Kier alpha value is -0.260. The van der Waals surface area contributed by atoms with E-state index in [0.29, 0.717) is 0 Å². The van der Waals surface area contributed by atoms with Crippen LogP contribution in [0, 0.1) is 0 Å². The molecule has 0 radical (unpaired) electrons. The molecule has 2 bridgehead atoms. The molecule has 2 unspecified atom stereocenters. The Balaban J connectivity index is 2.61. The van der Waals surface area contributed by atoms with Gasteiger partial charge in [-0.25, -0.2) is 0 Å². The van der Waals surface area contributed by atoms with E-state index in [2.05, 4.69) is 0 Å². The van der Waals surface area contributed by atoms with Crippen LogP contribution in [0.2, 0.25) is 0 Å². The van der Waals surface area contributed by atoms with Crippen molar-refractivity contribution in [2.75, 3.05) is 28.4 Å². The Kier molecular flexibility index (Phi) is 4.19. The second kappa shape index (κ2) is 5.26. The van der Waals surface area contributed by atoms with E-state index in [9.17, 15) is 9.13 Å². The third-order valence-electron chi connectivity index (χ3n) is 3.11. The van der Waals surface area contributed by atoms with Gasteiger partial charge in [-0.15, -0.1) is 0 Å². The Bertz CT molecular complexity index is 464. The molecule has 7 nitrogen and oxygen atoms in total. The second-order valence-corrected chi connectivity index (χ2v) is 8.27. The molecule has 0 amide bonds. The third kappa shape index (κ3) is 2.20. The molecule has 2 atom stereocenters. The first-order valence-electron chi connectivity index (χ1n) is 5.47. The van der Waals surface area contributed by atoms with Gasteiger partial charge in [-0.2, -0.15) is 0 Å². The molecule has 0 aliphatic carbocycles. The van der Waals surface area contributed by atoms with Crippen molar-refractivity contribution in [1.29, 1.82) is 0 Å². The van der Waals surface area contributed by atoms with Crippen LogP contribution in [-0.4, -0.2) is 40.6 Å². The van der Waals surface area contributed by atoms with Gasteiger partial charge < -0.3 is 22.8 Å². The van der Waals surface area contributed by atoms with Gasteiger partial charge in [0.15, 0.2) is 0 Å². The highest BCUT2D eigenvalue weighted by Crippen LogP contribution is 2.70. The first-order chi connectivity index (χ1) is 8.95. The van der Waals surface area contributed by atoms with Crippen molar-refractivity contribution in [2.24, 2.45) is 0 Å². The van der Waals surface area contributed by atoms with Gasteiger partial charge in [-0.3, -0.25) is 9.13 Å². The summed E-state index contributed by atoms with van der Waals surface area (Å²) in [5, 5.41) is 0.411. The van der Waals surface area contributed by atoms with Crippen molar-refractivity contribution in [3.63, 3.8) is 0 Å². The maximum absolute atomic E-state index is 12.6. The van der Waals surface area contributed by atoms with Crippen LogP contribution in [0.25, 0.3) is 0 Å². The lowest BCUT2D eigenvalue weighted by Crippen LogP contribution is -2.09. The van der Waals surface area contributed by atoms with Gasteiger partial charge in [-0.05, 0) is 0 Å². The summed E-state index contributed by atoms with van der Waals surface area (Å²) in [4.78, 5) is 0. The smallest absolute Gasteiger partial charge is 0.357 e. The van der Waals surface area contributed by atoms with Crippen molar-refractivity contribution in [3.8, 4) is 0 Å². The summed E-state index contributed by atoms with van der Waals surface area (Å²) in [6.07, 6.45) is 2.24. The summed E-state index contributed by atoms with van der Waals surface area (Å²) >= 11 is 0. The minimum atomic E-state index is -3.58. The molecule has 0 saturated carbocycles. The summed E-state index contributed by atoms with van der Waals surface area (Å²) in [6, 6.07) is 0. The van der Waals surface area contributed by atoms with Crippen LogP contribution in [0.4, 0.5) is 0 Å². The number of rotatable bonds is 6. The summed E-state index contributed by atoms with van der Waals surface area (Å²) in [5.41, 5.74) is 0. The van der Waals surface area contributed by atoms with Gasteiger partial charge in [0.2, 0.25) is 0 Å². The fraction of sp³-hybridized carbons (Fsp3) is 0.600. The molecule has 0 spiro atoms. The number of hydrogen-bond acceptors (Lipinski definition) is 7. The zero-order valence-corrected chi connectivity index (χ0v) is 12.9. The monoisotopic (exact) mass is 310 g/mol. The third-order valence-corrected chi connectivity index (χ3v) is 7.38. The number of ether oxygens (including phenoxy) is 1. The standard InChI is InChI=1S/C10H16O7P2/c1-13-18(11,14-2)9-7-5-6-8(17-7)10(9)19(12,15-3)16-4/h5-8H,1-4H3. The fourth-order valence-corrected chi connectivity index (χ4v) is 5.74. The van der Waals surface area contributed by atoms with Gasteiger partial charge in [0.25, 0.3) is 0 Å². The lowest BCUT2D eigenvalue weighted by atomic mass is 10.2. The van der Waals surface area contributed by atoms with E-state index in [-0.39, 0.29) is 10.6 Å². The minimum Gasteiger partial charge on any atom is -0.357 e. The summed E-state index contributed by atoms with van der Waals surface area (Å²) < 4.78 is 50.6. The van der Waals surface area contributed by atoms with Crippen LogP contribution < -0.4 is 0 Å². The van der Waals surface area contributed by atoms with Crippen molar-refractivity contribution in [3.05, 3.63) is 22.8 Å². The maximum atomic E-state index is 12.6. The molecule has 0 fully saturated rings. The molecule has 2 rings (SSSR count). The normalized spacial score (nSPS) is 26.5. The first-order valence-corrected chi connectivity index (χ1v) is 8.56. The van der Waals surface area contributed by atoms with Gasteiger partial charge in [0.05, 0.1) is 10.6 Å². The molecule has 2 aliphatic heterocycles. The van der Waals surface area contributed by atoms with Gasteiger partial charge in [0.1, 0.15) is 12.2 Å². The zero-order valence-electron chi connectivity index (χ0n) is 11.1. The van der Waals surface area contributed by atoms with E-state index in [4.69, 9.17) is 22.8 Å². The van der Waals surface area contributed by atoms with Crippen molar-refractivity contribution >= 4 is 15.2 Å². The number of fused-ring (bicyclic) bond motifs is 2. The van der Waals surface area contributed by atoms with E-state index in [1.165, 1.54) is 28.4 Å². The predicted octanol–water partition coefficient (Wildman–Crippen LogP) is 2.51. The Morgan fingerprint density at radius 3 is 1.42 bits per heavy atom. The molecule has 0 aromatic heterocycles. The van der Waals surface area contributed by atoms with Crippen LogP contribution in [0.1, 0.15) is 0 Å². The van der Waals surface area contributed by atoms with E-state index >= 15 is 0 Å². The lowest BCUT2D eigenvalue weighted by molar-refractivity contribution is 0.128. The van der Waals surface area contributed by atoms with Crippen LogP contribution >= 0.6 is 15.2 Å². The summed E-state index contributed by atoms with van der Waals surface area (Å²) in [6.45, 7) is 0. The van der Waals surface area contributed by atoms with Gasteiger partial charge >= 0.3 is 15.2 Å². The first kappa shape index (κ1) is 15.1. The highest BCUT2D eigenvalue weighted by atomic mass is 31.2. The lowest BCUT2D eigenvalue weighted by Gasteiger charge is -2.23. The zero-order chi connectivity index (χ0) is 14.3. The van der Waals surface area contributed by atoms with E-state index in [1.807, 2.05) is 0 Å². The topological polar surface area (TPSA) is 80.3 Å². The molecule has 108 valence electrons. The van der Waals surface area contributed by atoms with Crippen LogP contribution in [0.5, 0.6) is 0 Å². The molecule has 0 N–H and O–H groups in total. The van der Waals surface area contributed by atoms with Crippen LogP contribution in [0.3, 0.4) is 0 Å². The van der Waals surface area contributed by atoms with E-state index in [0.717, 1.165) is 0 Å². The average Bonchev–Trinajstić information content (AvgIpc) is 3.06. The van der Waals surface area contributed by atoms with Gasteiger partial charge in [-0.1, -0.05) is 12.2 Å². The molecule has 0 aromatic rings. The summed E-state index contributed by atoms with van der Waals surface area (Å²) in [5.74, 6) is 0. The summed E-state index contributed by atoms with van der Waals surface area (Å²) in [7, 11) is -2.12. The molecular weight excluding hydrogens is 294 g/mol. The van der Waals surface area contributed by atoms with Crippen molar-refractivity contribution in [2.45, 2.75) is 12.2 Å². The van der Waals surface area contributed by atoms with E-state index < -0.39 is 27.4 Å². The average molecular weight is 310 g/mol. The Morgan fingerprint density at radius 2 is 1.16 bits per heavy atom. The van der Waals surface area contributed by atoms with Gasteiger partial charge in [0, 0.05) is 28.4 Å². The largest absolute Gasteiger partial charge is 0.360 e. The van der Waals surface area contributed by atoms with E-state index in [1.54, 1.807) is 12.2 Å². The second-order valence-electron chi connectivity index (χ2n) is 3.86. The molecule has 2 aliphatic rings. The quantitative estimate of drug-likeness (QED) is 0.551. The Labute approximate surface area is 111 Å². The predicted molar refractivity (Wildman–Crippen MR) is 68.1 cm³/mol. The van der Waals surface area contributed by atoms with Crippen molar-refractivity contribution < 1.29 is 32.0 Å². The van der Waals surface area contributed by atoms with Crippen LogP contribution in [-0.2, 0) is 32.0 Å². The van der Waals surface area contributed by atoms with Crippen LogP contribution in [0.15, 0.2) is 22.8 Å². The molecule has 0 aromatic carbocycles. The molecule has 0 saturated heterocycles. The Morgan fingerprint density at radius 1 is 0.842 bits per heavy atom. The molecule has 9 heteroatoms. The van der Waals surface area contributed by atoms with Crippen molar-refractivity contribution in [1.82, 2.24) is 0 Å². The highest BCUT2D eigenvalue weighted by Gasteiger charge is 2.53. The highest BCUT2D eigenvalue weighted by molar-refractivity contribution is 7.63. The molecular formula is C10H16O7P2. The SMILES string of the molecule is COP(=O)(OC)C1=C(P(=O)(OC)OC)C2C=CC1O2. The minimum absolute atomic E-state index is 0.206. The fourth-order valence-electron chi connectivity index (χ4n) is 2.19. The molecule has 19 heavy (non-hydrogen) atoms. The molecule has 2 heterocycles. The number of hydrogen-bond donors (Lipinski definition) is 0.